The third-order valence-electron chi connectivity index (χ3n) is 2.66. The van der Waals surface area contributed by atoms with E-state index in [0.717, 1.165) is 10.9 Å². The van der Waals surface area contributed by atoms with Crippen molar-refractivity contribution in [2.75, 3.05) is 0 Å². The Balaban J connectivity index is 2.36. The predicted molar refractivity (Wildman–Crippen MR) is 75.5 cm³/mol. The molecule has 0 aliphatic rings. The van der Waals surface area contributed by atoms with Crippen molar-refractivity contribution in [3.8, 4) is 0 Å². The number of aromatic nitrogens is 1. The number of thiocarbonyl (C=S) groups is 1. The van der Waals surface area contributed by atoms with Gasteiger partial charge in [0.15, 0.2) is 0 Å². The third-order valence-corrected chi connectivity index (χ3v) is 3.02. The number of rotatable bonds is 3. The number of amides is 1. The Morgan fingerprint density at radius 3 is 2.89 bits per heavy atom. The van der Waals surface area contributed by atoms with Crippen LogP contribution in [0.5, 0.6) is 0 Å². The van der Waals surface area contributed by atoms with E-state index in [1.54, 1.807) is 31.3 Å². The summed E-state index contributed by atoms with van der Waals surface area (Å²) in [6.07, 6.45) is 1.70. The smallest absolute Gasteiger partial charge is 0.252 e. The van der Waals surface area contributed by atoms with E-state index in [-0.39, 0.29) is 16.9 Å². The van der Waals surface area contributed by atoms with Gasteiger partial charge in [0.25, 0.3) is 5.91 Å². The van der Waals surface area contributed by atoms with E-state index in [2.05, 4.69) is 10.3 Å². The first-order chi connectivity index (χ1) is 8.59. The maximum absolute atomic E-state index is 12.1. The van der Waals surface area contributed by atoms with Gasteiger partial charge in [-0.25, -0.2) is 0 Å². The van der Waals surface area contributed by atoms with E-state index in [0.29, 0.717) is 5.56 Å². The molecule has 4 nitrogen and oxygen atoms in total. The number of benzene rings is 1. The molecule has 1 atom stereocenters. The average Bonchev–Trinajstić information content (AvgIpc) is 2.37. The van der Waals surface area contributed by atoms with Crippen molar-refractivity contribution in [1.82, 2.24) is 10.3 Å². The van der Waals surface area contributed by atoms with Crippen molar-refractivity contribution < 1.29 is 4.79 Å². The lowest BCUT2D eigenvalue weighted by Crippen LogP contribution is -2.41. The molecule has 1 amide bonds. The number of carbonyl (C=O) groups excluding carboxylic acids is 1. The van der Waals surface area contributed by atoms with Crippen LogP contribution in [0.1, 0.15) is 17.3 Å². The number of nitrogens with two attached hydrogens (primary N) is 1. The first-order valence-electron chi connectivity index (χ1n) is 5.53. The molecule has 1 heterocycles. The molecule has 1 unspecified atom stereocenters. The van der Waals surface area contributed by atoms with Gasteiger partial charge in [-0.1, -0.05) is 24.4 Å². The Bertz CT molecular complexity index is 607. The fraction of sp³-hybridized carbons (Fsp3) is 0.154. The predicted octanol–water partition coefficient (Wildman–Crippen LogP) is 1.64. The Morgan fingerprint density at radius 1 is 1.39 bits per heavy atom. The number of hydrogen-bond donors (Lipinski definition) is 2. The quantitative estimate of drug-likeness (QED) is 0.822. The van der Waals surface area contributed by atoms with E-state index in [1.807, 2.05) is 12.1 Å². The van der Waals surface area contributed by atoms with E-state index in [9.17, 15) is 4.79 Å². The number of carbonyl (C=O) groups is 1. The highest BCUT2D eigenvalue weighted by atomic mass is 32.1. The molecular formula is C13H13N3OS. The summed E-state index contributed by atoms with van der Waals surface area (Å²) in [6.45, 7) is 1.75. The van der Waals surface area contributed by atoms with Crippen LogP contribution >= 0.6 is 12.2 Å². The second-order valence-corrected chi connectivity index (χ2v) is 4.44. The van der Waals surface area contributed by atoms with E-state index >= 15 is 0 Å². The van der Waals surface area contributed by atoms with Crippen molar-refractivity contribution in [2.24, 2.45) is 5.73 Å². The lowest BCUT2D eigenvalue weighted by atomic mass is 10.1. The van der Waals surface area contributed by atoms with Crippen LogP contribution in [0.3, 0.4) is 0 Å². The van der Waals surface area contributed by atoms with Gasteiger partial charge in [-0.2, -0.15) is 0 Å². The molecule has 0 bridgehead atoms. The molecule has 0 saturated carbocycles. The number of fused-ring (bicyclic) bond motifs is 1. The van der Waals surface area contributed by atoms with E-state index in [4.69, 9.17) is 18.0 Å². The van der Waals surface area contributed by atoms with Gasteiger partial charge in [0.05, 0.1) is 16.5 Å². The molecule has 0 radical (unpaired) electrons. The summed E-state index contributed by atoms with van der Waals surface area (Å²) in [7, 11) is 0. The molecule has 3 N–H and O–H groups in total. The van der Waals surface area contributed by atoms with Crippen LogP contribution in [0.15, 0.2) is 36.5 Å². The number of nitrogens with one attached hydrogen (secondary N) is 1. The van der Waals surface area contributed by atoms with Crippen molar-refractivity contribution in [1.29, 1.82) is 0 Å². The minimum Gasteiger partial charge on any atom is -0.392 e. The van der Waals surface area contributed by atoms with Crippen molar-refractivity contribution in [2.45, 2.75) is 13.0 Å². The maximum atomic E-state index is 12.1. The zero-order valence-corrected chi connectivity index (χ0v) is 10.7. The molecule has 2 rings (SSSR count). The summed E-state index contributed by atoms with van der Waals surface area (Å²) in [4.78, 5) is 16.6. The SMILES string of the molecule is CC(NC(=O)c1cccc2ncccc12)C(N)=S. The maximum Gasteiger partial charge on any atom is 0.252 e. The lowest BCUT2D eigenvalue weighted by molar-refractivity contribution is 0.0951. The highest BCUT2D eigenvalue weighted by molar-refractivity contribution is 7.80. The van der Waals surface area contributed by atoms with Crippen LogP contribution in [-0.4, -0.2) is 21.9 Å². The first-order valence-corrected chi connectivity index (χ1v) is 5.94. The second-order valence-electron chi connectivity index (χ2n) is 3.97. The van der Waals surface area contributed by atoms with Crippen molar-refractivity contribution in [3.05, 3.63) is 42.1 Å². The third kappa shape index (κ3) is 2.46. The summed E-state index contributed by atoms with van der Waals surface area (Å²) in [6, 6.07) is 8.75. The van der Waals surface area contributed by atoms with Crippen molar-refractivity contribution >= 4 is 34.0 Å². The van der Waals surface area contributed by atoms with Gasteiger partial charge in [-0.15, -0.1) is 0 Å². The molecule has 2 aromatic rings. The monoisotopic (exact) mass is 259 g/mol. The van der Waals surface area contributed by atoms with E-state index in [1.165, 1.54) is 0 Å². The lowest BCUT2D eigenvalue weighted by Gasteiger charge is -2.13. The van der Waals surface area contributed by atoms with Gasteiger partial charge in [-0.3, -0.25) is 9.78 Å². The summed E-state index contributed by atoms with van der Waals surface area (Å²) in [5, 5.41) is 3.57. The topological polar surface area (TPSA) is 68.0 Å². The molecule has 1 aromatic carbocycles. The van der Waals surface area contributed by atoms with Gasteiger partial charge < -0.3 is 11.1 Å². The van der Waals surface area contributed by atoms with Crippen LogP contribution in [0.4, 0.5) is 0 Å². The largest absolute Gasteiger partial charge is 0.392 e. The van der Waals surface area contributed by atoms with Crippen LogP contribution in [0.25, 0.3) is 10.9 Å². The van der Waals surface area contributed by atoms with Crippen LogP contribution < -0.4 is 11.1 Å². The molecule has 1 aromatic heterocycles. The zero-order valence-electron chi connectivity index (χ0n) is 9.88. The normalized spacial score (nSPS) is 12.1. The Morgan fingerprint density at radius 2 is 2.17 bits per heavy atom. The standard InChI is InChI=1S/C13H13N3OS/c1-8(12(14)18)16-13(17)10-4-2-6-11-9(10)5-3-7-15-11/h2-8H,1H3,(H2,14,18)(H,16,17). The molecular weight excluding hydrogens is 246 g/mol. The van der Waals surface area contributed by atoms with Gasteiger partial charge in [-0.05, 0) is 25.1 Å². The van der Waals surface area contributed by atoms with Crippen LogP contribution in [0, 0.1) is 0 Å². The summed E-state index contributed by atoms with van der Waals surface area (Å²) >= 11 is 4.83. The zero-order chi connectivity index (χ0) is 13.1. The molecule has 0 saturated heterocycles. The number of pyridine rings is 1. The van der Waals surface area contributed by atoms with Crippen molar-refractivity contribution in [3.63, 3.8) is 0 Å². The Labute approximate surface area is 110 Å². The van der Waals surface area contributed by atoms with Gasteiger partial charge in [0.1, 0.15) is 0 Å². The second kappa shape index (κ2) is 5.10. The van der Waals surface area contributed by atoms with Gasteiger partial charge >= 0.3 is 0 Å². The van der Waals surface area contributed by atoms with Gasteiger partial charge in [0.2, 0.25) is 0 Å². The number of hydrogen-bond acceptors (Lipinski definition) is 3. The summed E-state index contributed by atoms with van der Waals surface area (Å²) < 4.78 is 0. The molecule has 5 heteroatoms. The Kier molecular flexibility index (Phi) is 3.53. The highest BCUT2D eigenvalue weighted by Crippen LogP contribution is 2.16. The fourth-order valence-corrected chi connectivity index (χ4v) is 1.71. The van der Waals surface area contributed by atoms with Gasteiger partial charge in [0, 0.05) is 17.1 Å². The fourth-order valence-electron chi connectivity index (χ4n) is 1.65. The summed E-state index contributed by atoms with van der Waals surface area (Å²) in [5.41, 5.74) is 6.84. The number of nitrogens with zero attached hydrogens (tertiary/aromatic N) is 1. The molecule has 92 valence electrons. The average molecular weight is 259 g/mol. The summed E-state index contributed by atoms with van der Waals surface area (Å²) in [5.74, 6) is -0.200. The molecule has 0 fully saturated rings. The minimum atomic E-state index is -0.334. The highest BCUT2D eigenvalue weighted by Gasteiger charge is 2.13. The van der Waals surface area contributed by atoms with Crippen LogP contribution in [-0.2, 0) is 0 Å². The minimum absolute atomic E-state index is 0.200. The van der Waals surface area contributed by atoms with Crippen LogP contribution in [0.2, 0.25) is 0 Å². The molecule has 0 spiro atoms. The molecule has 18 heavy (non-hydrogen) atoms. The first kappa shape index (κ1) is 12.4. The Hall–Kier alpha value is -2.01. The molecule has 0 aliphatic heterocycles. The molecule has 0 aliphatic carbocycles. The van der Waals surface area contributed by atoms with E-state index < -0.39 is 0 Å².